The Morgan fingerprint density at radius 2 is 1.73 bits per heavy atom. The molecule has 22 heavy (non-hydrogen) atoms. The van der Waals surface area contributed by atoms with Gasteiger partial charge in [0.1, 0.15) is 0 Å². The normalized spacial score (nSPS) is 10.7. The van der Waals surface area contributed by atoms with Crippen LogP contribution in [-0.2, 0) is 13.1 Å². The minimum Gasteiger partial charge on any atom is -0.494 e. The molecule has 0 amide bonds. The predicted molar refractivity (Wildman–Crippen MR) is 81.2 cm³/mol. The van der Waals surface area contributed by atoms with Crippen molar-refractivity contribution in [2.75, 3.05) is 14.2 Å². The van der Waals surface area contributed by atoms with Crippen molar-refractivity contribution in [1.82, 2.24) is 4.90 Å². The number of rotatable bonds is 6. The van der Waals surface area contributed by atoms with Crippen LogP contribution in [0.4, 0.5) is 10.1 Å². The SMILES string of the molecule is COc1ccc(CN(C)Cc2ccc([N+](=O)[O-])cc2)cc1F. The molecule has 0 bridgehead atoms. The van der Waals surface area contributed by atoms with Gasteiger partial charge < -0.3 is 4.74 Å². The van der Waals surface area contributed by atoms with Crippen molar-refractivity contribution >= 4 is 5.69 Å². The number of hydrogen-bond acceptors (Lipinski definition) is 4. The summed E-state index contributed by atoms with van der Waals surface area (Å²) in [5.41, 5.74) is 1.87. The van der Waals surface area contributed by atoms with E-state index in [0.717, 1.165) is 11.1 Å². The Bertz CT molecular complexity index is 659. The molecule has 0 unspecified atom stereocenters. The number of halogens is 1. The lowest BCUT2D eigenvalue weighted by molar-refractivity contribution is -0.384. The molecule has 6 heteroatoms. The summed E-state index contributed by atoms with van der Waals surface area (Å²) in [6.07, 6.45) is 0. The largest absolute Gasteiger partial charge is 0.494 e. The number of benzene rings is 2. The van der Waals surface area contributed by atoms with Crippen LogP contribution in [0.2, 0.25) is 0 Å². The van der Waals surface area contributed by atoms with Crippen LogP contribution in [0.3, 0.4) is 0 Å². The minimum absolute atomic E-state index is 0.0728. The van der Waals surface area contributed by atoms with Gasteiger partial charge in [0.2, 0.25) is 0 Å². The number of nitro groups is 1. The lowest BCUT2D eigenvalue weighted by Gasteiger charge is -2.17. The molecule has 2 aromatic carbocycles. The average molecular weight is 304 g/mol. The summed E-state index contributed by atoms with van der Waals surface area (Å²) < 4.78 is 18.5. The maximum Gasteiger partial charge on any atom is 0.269 e. The van der Waals surface area contributed by atoms with Crippen molar-refractivity contribution in [3.05, 3.63) is 69.5 Å². The van der Waals surface area contributed by atoms with E-state index in [2.05, 4.69) is 0 Å². The standard InChI is InChI=1S/C16H17FN2O3/c1-18(10-12-3-6-14(7-4-12)19(20)21)11-13-5-8-16(22-2)15(17)9-13/h3-9H,10-11H2,1-2H3. The van der Waals surface area contributed by atoms with Crippen LogP contribution in [0.15, 0.2) is 42.5 Å². The second-order valence-electron chi connectivity index (χ2n) is 5.06. The molecule has 2 rings (SSSR count). The van der Waals surface area contributed by atoms with Crippen molar-refractivity contribution < 1.29 is 14.1 Å². The molecule has 116 valence electrons. The molecule has 0 fully saturated rings. The topological polar surface area (TPSA) is 55.6 Å². The zero-order valence-corrected chi connectivity index (χ0v) is 12.5. The highest BCUT2D eigenvalue weighted by molar-refractivity contribution is 5.33. The molecule has 0 radical (unpaired) electrons. The molecule has 0 saturated heterocycles. The van der Waals surface area contributed by atoms with Gasteiger partial charge in [0, 0.05) is 25.2 Å². The van der Waals surface area contributed by atoms with E-state index in [9.17, 15) is 14.5 Å². The number of ether oxygens (including phenoxy) is 1. The van der Waals surface area contributed by atoms with Crippen LogP contribution in [0.5, 0.6) is 5.75 Å². The maximum atomic E-state index is 13.6. The van der Waals surface area contributed by atoms with Gasteiger partial charge in [-0.2, -0.15) is 0 Å². The monoisotopic (exact) mass is 304 g/mol. The minimum atomic E-state index is -0.423. The van der Waals surface area contributed by atoms with Gasteiger partial charge in [-0.15, -0.1) is 0 Å². The predicted octanol–water partition coefficient (Wildman–Crippen LogP) is 3.37. The van der Waals surface area contributed by atoms with E-state index in [0.29, 0.717) is 13.1 Å². The summed E-state index contributed by atoms with van der Waals surface area (Å²) in [7, 11) is 3.34. The number of nitro benzene ring substituents is 1. The summed E-state index contributed by atoms with van der Waals surface area (Å²) >= 11 is 0. The number of hydrogen-bond donors (Lipinski definition) is 0. The quantitative estimate of drug-likeness (QED) is 0.606. The molecule has 0 aliphatic heterocycles. The first-order valence-electron chi connectivity index (χ1n) is 6.74. The van der Waals surface area contributed by atoms with E-state index in [-0.39, 0.29) is 17.3 Å². The highest BCUT2D eigenvalue weighted by Crippen LogP contribution is 2.19. The lowest BCUT2D eigenvalue weighted by Crippen LogP contribution is -2.17. The van der Waals surface area contributed by atoms with Crippen LogP contribution in [0.25, 0.3) is 0 Å². The summed E-state index contributed by atoms with van der Waals surface area (Å²) in [5.74, 6) is -0.162. The second-order valence-corrected chi connectivity index (χ2v) is 5.06. The Labute approximate surface area is 128 Å². The zero-order chi connectivity index (χ0) is 16.1. The third-order valence-corrected chi connectivity index (χ3v) is 3.27. The molecule has 0 N–H and O–H groups in total. The number of non-ortho nitro benzene ring substituents is 1. The van der Waals surface area contributed by atoms with Crippen LogP contribution in [-0.4, -0.2) is 24.0 Å². The van der Waals surface area contributed by atoms with Crippen molar-refractivity contribution in [2.45, 2.75) is 13.1 Å². The fourth-order valence-electron chi connectivity index (χ4n) is 2.21. The van der Waals surface area contributed by atoms with Gasteiger partial charge in [0.05, 0.1) is 12.0 Å². The third-order valence-electron chi connectivity index (χ3n) is 3.27. The molecular formula is C16H17FN2O3. The van der Waals surface area contributed by atoms with E-state index in [1.165, 1.54) is 25.3 Å². The van der Waals surface area contributed by atoms with Crippen LogP contribution in [0.1, 0.15) is 11.1 Å². The van der Waals surface area contributed by atoms with E-state index >= 15 is 0 Å². The number of nitrogens with zero attached hydrogens (tertiary/aromatic N) is 2. The Morgan fingerprint density at radius 3 is 2.27 bits per heavy atom. The first-order chi connectivity index (χ1) is 10.5. The van der Waals surface area contributed by atoms with Crippen molar-refractivity contribution in [3.8, 4) is 5.75 Å². The Balaban J connectivity index is 1.99. The summed E-state index contributed by atoms with van der Waals surface area (Å²) in [5, 5.41) is 10.6. The molecule has 2 aromatic rings. The molecule has 0 saturated carbocycles. The third kappa shape index (κ3) is 4.02. The highest BCUT2D eigenvalue weighted by Gasteiger charge is 2.08. The molecule has 0 heterocycles. The molecule has 0 atom stereocenters. The molecule has 0 aromatic heterocycles. The van der Waals surface area contributed by atoms with Crippen LogP contribution < -0.4 is 4.74 Å². The van der Waals surface area contributed by atoms with E-state index in [1.54, 1.807) is 18.2 Å². The first-order valence-corrected chi connectivity index (χ1v) is 6.74. The molecule has 5 nitrogen and oxygen atoms in total. The zero-order valence-electron chi connectivity index (χ0n) is 12.5. The molecular weight excluding hydrogens is 287 g/mol. The van der Waals surface area contributed by atoms with Crippen molar-refractivity contribution in [1.29, 1.82) is 0 Å². The summed E-state index contributed by atoms with van der Waals surface area (Å²) in [6.45, 7) is 1.18. The van der Waals surface area contributed by atoms with Gasteiger partial charge in [-0.3, -0.25) is 15.0 Å². The second kappa shape index (κ2) is 7.00. The van der Waals surface area contributed by atoms with Gasteiger partial charge in [0.25, 0.3) is 5.69 Å². The van der Waals surface area contributed by atoms with E-state index in [1.807, 2.05) is 18.0 Å². The summed E-state index contributed by atoms with van der Waals surface area (Å²) in [4.78, 5) is 12.2. The molecule has 0 aliphatic rings. The average Bonchev–Trinajstić information content (AvgIpc) is 2.48. The van der Waals surface area contributed by atoms with Gasteiger partial charge in [-0.05, 0) is 30.3 Å². The smallest absolute Gasteiger partial charge is 0.269 e. The van der Waals surface area contributed by atoms with Gasteiger partial charge in [0.15, 0.2) is 11.6 Å². The lowest BCUT2D eigenvalue weighted by atomic mass is 10.1. The van der Waals surface area contributed by atoms with Gasteiger partial charge in [-0.25, -0.2) is 4.39 Å². The fraction of sp³-hybridized carbons (Fsp3) is 0.250. The highest BCUT2D eigenvalue weighted by atomic mass is 19.1. The Morgan fingerprint density at radius 1 is 1.14 bits per heavy atom. The first kappa shape index (κ1) is 15.9. The van der Waals surface area contributed by atoms with Crippen LogP contribution in [0, 0.1) is 15.9 Å². The molecule has 0 aliphatic carbocycles. The van der Waals surface area contributed by atoms with E-state index in [4.69, 9.17) is 4.74 Å². The van der Waals surface area contributed by atoms with Crippen LogP contribution >= 0.6 is 0 Å². The van der Waals surface area contributed by atoms with Crippen molar-refractivity contribution in [3.63, 3.8) is 0 Å². The fourth-order valence-corrected chi connectivity index (χ4v) is 2.21. The van der Waals surface area contributed by atoms with Gasteiger partial charge in [-0.1, -0.05) is 18.2 Å². The van der Waals surface area contributed by atoms with Gasteiger partial charge >= 0.3 is 0 Å². The molecule has 0 spiro atoms. The Hall–Kier alpha value is -2.47. The van der Waals surface area contributed by atoms with E-state index < -0.39 is 4.92 Å². The maximum absolute atomic E-state index is 13.6. The number of methoxy groups -OCH3 is 1. The Kier molecular flexibility index (Phi) is 5.06. The summed E-state index contributed by atoms with van der Waals surface area (Å²) in [6, 6.07) is 11.3. The van der Waals surface area contributed by atoms with Crippen molar-refractivity contribution in [2.24, 2.45) is 0 Å².